The molecule has 0 saturated heterocycles. The molecule has 0 aliphatic heterocycles. The predicted molar refractivity (Wildman–Crippen MR) is 94.7 cm³/mol. The number of benzene rings is 2. The van der Waals surface area contributed by atoms with Gasteiger partial charge in [0.05, 0.1) is 5.69 Å². The van der Waals surface area contributed by atoms with E-state index in [2.05, 4.69) is 58.8 Å². The fourth-order valence-electron chi connectivity index (χ4n) is 1.81. The van der Waals surface area contributed by atoms with Gasteiger partial charge in [-0.2, -0.15) is 0 Å². The number of halogens is 1. The topological polar surface area (TPSA) is 41.6 Å². The van der Waals surface area contributed by atoms with E-state index in [0.717, 1.165) is 17.8 Å². The van der Waals surface area contributed by atoms with Gasteiger partial charge in [-0.1, -0.05) is 19.1 Å². The number of anilines is 1. The van der Waals surface area contributed by atoms with Gasteiger partial charge in [-0.15, -0.1) is 0 Å². The van der Waals surface area contributed by atoms with E-state index in [1.54, 1.807) is 0 Å². The van der Waals surface area contributed by atoms with Crippen molar-refractivity contribution >= 4 is 39.9 Å². The third kappa shape index (κ3) is 3.72. The van der Waals surface area contributed by atoms with Gasteiger partial charge in [0.2, 0.25) is 5.96 Å². The Morgan fingerprint density at radius 1 is 1.10 bits per heavy atom. The molecule has 104 valence electrons. The lowest BCUT2D eigenvalue weighted by Gasteiger charge is -2.18. The Morgan fingerprint density at radius 3 is 2.25 bits per heavy atom. The van der Waals surface area contributed by atoms with E-state index in [1.807, 2.05) is 36.2 Å². The van der Waals surface area contributed by atoms with Crippen LogP contribution in [-0.2, 0) is 6.42 Å². The van der Waals surface area contributed by atoms with Crippen molar-refractivity contribution in [2.24, 2.45) is 10.7 Å². The van der Waals surface area contributed by atoms with Crippen LogP contribution in [0, 0.1) is 3.57 Å². The molecular formula is C16H18IN3. The average molecular weight is 379 g/mol. The summed E-state index contributed by atoms with van der Waals surface area (Å²) >= 11 is 2.27. The van der Waals surface area contributed by atoms with Crippen molar-refractivity contribution in [1.82, 2.24) is 0 Å². The van der Waals surface area contributed by atoms with Crippen LogP contribution in [0.25, 0.3) is 0 Å². The third-order valence-corrected chi connectivity index (χ3v) is 3.86. The molecule has 0 fully saturated rings. The van der Waals surface area contributed by atoms with E-state index in [4.69, 9.17) is 5.73 Å². The van der Waals surface area contributed by atoms with Crippen molar-refractivity contribution in [3.8, 4) is 0 Å². The van der Waals surface area contributed by atoms with Crippen LogP contribution >= 0.6 is 22.6 Å². The highest BCUT2D eigenvalue weighted by Crippen LogP contribution is 2.17. The van der Waals surface area contributed by atoms with Crippen LogP contribution in [0.1, 0.15) is 12.5 Å². The smallest absolute Gasteiger partial charge is 0.200 e. The normalized spacial score (nSPS) is 11.4. The molecule has 0 radical (unpaired) electrons. The zero-order chi connectivity index (χ0) is 14.5. The molecule has 2 aromatic rings. The summed E-state index contributed by atoms with van der Waals surface area (Å²) in [6, 6.07) is 16.3. The molecule has 2 rings (SSSR count). The van der Waals surface area contributed by atoms with Crippen LogP contribution in [0.3, 0.4) is 0 Å². The Morgan fingerprint density at radius 2 is 1.70 bits per heavy atom. The number of hydrogen-bond acceptors (Lipinski definition) is 1. The van der Waals surface area contributed by atoms with E-state index >= 15 is 0 Å². The summed E-state index contributed by atoms with van der Waals surface area (Å²) in [6.07, 6.45) is 1.04. The molecule has 0 bridgehead atoms. The fourth-order valence-corrected chi connectivity index (χ4v) is 2.17. The molecular weight excluding hydrogens is 361 g/mol. The SMILES string of the molecule is CCc1ccc(N(C)C(N)=Nc2ccc(I)cc2)cc1. The first-order valence-corrected chi connectivity index (χ1v) is 7.60. The van der Waals surface area contributed by atoms with Gasteiger partial charge in [0.1, 0.15) is 0 Å². The van der Waals surface area contributed by atoms with Gasteiger partial charge >= 0.3 is 0 Å². The maximum absolute atomic E-state index is 6.06. The molecule has 0 aliphatic rings. The number of hydrogen-bond donors (Lipinski definition) is 1. The summed E-state index contributed by atoms with van der Waals surface area (Å²) in [6.45, 7) is 2.14. The summed E-state index contributed by atoms with van der Waals surface area (Å²) in [7, 11) is 1.92. The summed E-state index contributed by atoms with van der Waals surface area (Å²) in [5, 5.41) is 0. The van der Waals surface area contributed by atoms with Crippen LogP contribution in [0.2, 0.25) is 0 Å². The summed E-state index contributed by atoms with van der Waals surface area (Å²) < 4.78 is 1.18. The van der Waals surface area contributed by atoms with Gasteiger partial charge in [-0.3, -0.25) is 0 Å². The first kappa shape index (κ1) is 14.8. The minimum absolute atomic E-state index is 0.482. The Hall–Kier alpha value is -1.56. The molecule has 0 saturated carbocycles. The number of aliphatic imine (C=N–C) groups is 1. The summed E-state index contributed by atoms with van der Waals surface area (Å²) in [4.78, 5) is 6.32. The quantitative estimate of drug-likeness (QED) is 0.499. The molecule has 0 aromatic heterocycles. The largest absolute Gasteiger partial charge is 0.369 e. The van der Waals surface area contributed by atoms with Gasteiger partial charge in [0.15, 0.2) is 0 Å². The minimum Gasteiger partial charge on any atom is -0.369 e. The van der Waals surface area contributed by atoms with Crippen LogP contribution < -0.4 is 10.6 Å². The predicted octanol–water partition coefficient (Wildman–Crippen LogP) is 3.94. The molecule has 20 heavy (non-hydrogen) atoms. The fraction of sp³-hybridized carbons (Fsp3) is 0.188. The summed E-state index contributed by atoms with van der Waals surface area (Å²) in [5.74, 6) is 0.482. The molecule has 3 nitrogen and oxygen atoms in total. The lowest BCUT2D eigenvalue weighted by molar-refractivity contribution is 1.13. The van der Waals surface area contributed by atoms with Crippen LogP contribution in [0.5, 0.6) is 0 Å². The van der Waals surface area contributed by atoms with Crippen LogP contribution in [0.4, 0.5) is 11.4 Å². The van der Waals surface area contributed by atoms with Gasteiger partial charge in [-0.05, 0) is 71.0 Å². The molecule has 0 atom stereocenters. The standard InChI is InChI=1S/C16H18IN3/c1-3-12-4-10-15(11-5-12)20(2)16(18)19-14-8-6-13(17)7-9-14/h4-11H,3H2,1-2H3,(H2,18,19). The zero-order valence-corrected chi connectivity index (χ0v) is 13.8. The Labute approximate surface area is 133 Å². The van der Waals surface area contributed by atoms with Crippen molar-refractivity contribution in [2.75, 3.05) is 11.9 Å². The highest BCUT2D eigenvalue weighted by molar-refractivity contribution is 14.1. The number of rotatable bonds is 3. The second-order valence-corrected chi connectivity index (χ2v) is 5.77. The average Bonchev–Trinajstić information content (AvgIpc) is 2.49. The minimum atomic E-state index is 0.482. The second kappa shape index (κ2) is 6.74. The molecule has 0 heterocycles. The molecule has 0 spiro atoms. The van der Waals surface area contributed by atoms with Crippen LogP contribution in [0.15, 0.2) is 53.5 Å². The van der Waals surface area contributed by atoms with Crippen LogP contribution in [-0.4, -0.2) is 13.0 Å². The highest BCUT2D eigenvalue weighted by Gasteiger charge is 2.05. The third-order valence-electron chi connectivity index (χ3n) is 3.15. The number of guanidine groups is 1. The van der Waals surface area contributed by atoms with Gasteiger partial charge in [0, 0.05) is 16.3 Å². The number of aryl methyl sites for hydroxylation is 1. The Balaban J connectivity index is 2.18. The molecule has 4 heteroatoms. The summed E-state index contributed by atoms with van der Waals surface area (Å²) in [5.41, 5.74) is 9.28. The molecule has 2 N–H and O–H groups in total. The van der Waals surface area contributed by atoms with E-state index in [1.165, 1.54) is 9.13 Å². The maximum atomic E-state index is 6.06. The van der Waals surface area contributed by atoms with Gasteiger partial charge in [-0.25, -0.2) is 4.99 Å². The number of nitrogens with zero attached hydrogens (tertiary/aromatic N) is 2. The zero-order valence-electron chi connectivity index (χ0n) is 11.7. The lowest BCUT2D eigenvalue weighted by atomic mass is 10.1. The van der Waals surface area contributed by atoms with Crippen molar-refractivity contribution in [2.45, 2.75) is 13.3 Å². The van der Waals surface area contributed by atoms with E-state index in [9.17, 15) is 0 Å². The van der Waals surface area contributed by atoms with E-state index in [-0.39, 0.29) is 0 Å². The van der Waals surface area contributed by atoms with Crippen molar-refractivity contribution in [3.63, 3.8) is 0 Å². The Bertz CT molecular complexity index is 588. The first-order valence-electron chi connectivity index (χ1n) is 6.52. The molecule has 0 amide bonds. The van der Waals surface area contributed by atoms with Crippen molar-refractivity contribution in [1.29, 1.82) is 0 Å². The van der Waals surface area contributed by atoms with E-state index < -0.39 is 0 Å². The van der Waals surface area contributed by atoms with Crippen molar-refractivity contribution < 1.29 is 0 Å². The number of nitrogens with two attached hydrogens (primary N) is 1. The Kier molecular flexibility index (Phi) is 5.00. The van der Waals surface area contributed by atoms with Crippen molar-refractivity contribution in [3.05, 3.63) is 57.7 Å². The molecule has 2 aromatic carbocycles. The van der Waals surface area contributed by atoms with E-state index in [0.29, 0.717) is 5.96 Å². The molecule has 0 aliphatic carbocycles. The maximum Gasteiger partial charge on any atom is 0.200 e. The van der Waals surface area contributed by atoms with Gasteiger partial charge < -0.3 is 10.6 Å². The molecule has 0 unspecified atom stereocenters. The highest BCUT2D eigenvalue weighted by atomic mass is 127. The van der Waals surface area contributed by atoms with Gasteiger partial charge in [0.25, 0.3) is 0 Å². The monoisotopic (exact) mass is 379 g/mol. The lowest BCUT2D eigenvalue weighted by Crippen LogP contribution is -2.33. The second-order valence-electron chi connectivity index (χ2n) is 4.53. The first-order chi connectivity index (χ1) is 9.60.